The quantitative estimate of drug-likeness (QED) is 0.779. The van der Waals surface area contributed by atoms with Gasteiger partial charge in [-0.15, -0.1) is 11.8 Å². The molecule has 3 rings (SSSR count). The van der Waals surface area contributed by atoms with Crippen LogP contribution < -0.4 is 0 Å². The van der Waals surface area contributed by atoms with Crippen molar-refractivity contribution in [3.63, 3.8) is 0 Å². The van der Waals surface area contributed by atoms with E-state index in [4.69, 9.17) is 0 Å². The summed E-state index contributed by atoms with van der Waals surface area (Å²) in [6.07, 6.45) is 6.91. The molecule has 0 saturated heterocycles. The van der Waals surface area contributed by atoms with Crippen molar-refractivity contribution < 1.29 is 4.79 Å². The van der Waals surface area contributed by atoms with Crippen LogP contribution in [0.5, 0.6) is 0 Å². The zero-order valence-corrected chi connectivity index (χ0v) is 11.2. The third-order valence-corrected chi connectivity index (χ3v) is 3.78. The SMILES string of the molecule is CSc1ncccc1C(=O)N1Cc2cncnc2C1. The van der Waals surface area contributed by atoms with Crippen molar-refractivity contribution in [2.24, 2.45) is 0 Å². The lowest BCUT2D eigenvalue weighted by Gasteiger charge is -2.16. The number of carbonyl (C=O) groups is 1. The van der Waals surface area contributed by atoms with E-state index in [1.807, 2.05) is 12.3 Å². The van der Waals surface area contributed by atoms with E-state index >= 15 is 0 Å². The van der Waals surface area contributed by atoms with Crippen LogP contribution in [0, 0.1) is 0 Å². The Hall–Kier alpha value is -1.95. The number of pyridine rings is 1. The topological polar surface area (TPSA) is 59.0 Å². The average molecular weight is 272 g/mol. The van der Waals surface area contributed by atoms with Crippen molar-refractivity contribution in [2.45, 2.75) is 18.1 Å². The number of amides is 1. The van der Waals surface area contributed by atoms with Crippen LogP contribution in [0.25, 0.3) is 0 Å². The predicted octanol–water partition coefficient (Wildman–Crippen LogP) is 1.75. The van der Waals surface area contributed by atoms with Crippen molar-refractivity contribution in [1.29, 1.82) is 0 Å². The number of hydrogen-bond acceptors (Lipinski definition) is 5. The van der Waals surface area contributed by atoms with Gasteiger partial charge in [0.1, 0.15) is 11.4 Å². The van der Waals surface area contributed by atoms with E-state index < -0.39 is 0 Å². The molecule has 0 spiro atoms. The largest absolute Gasteiger partial charge is 0.328 e. The molecule has 1 aliphatic rings. The smallest absolute Gasteiger partial charge is 0.257 e. The van der Waals surface area contributed by atoms with Crippen LogP contribution in [-0.4, -0.2) is 32.0 Å². The first-order valence-electron chi connectivity index (χ1n) is 5.85. The van der Waals surface area contributed by atoms with Gasteiger partial charge >= 0.3 is 0 Å². The minimum absolute atomic E-state index is 0.00421. The molecule has 0 aliphatic carbocycles. The van der Waals surface area contributed by atoms with Gasteiger partial charge in [0, 0.05) is 24.5 Å². The maximum Gasteiger partial charge on any atom is 0.257 e. The van der Waals surface area contributed by atoms with Crippen LogP contribution in [0.2, 0.25) is 0 Å². The Morgan fingerprint density at radius 2 is 2.26 bits per heavy atom. The first kappa shape index (κ1) is 12.1. The molecule has 0 saturated carbocycles. The van der Waals surface area contributed by atoms with Gasteiger partial charge in [-0.1, -0.05) is 0 Å². The van der Waals surface area contributed by atoms with Gasteiger partial charge in [0.2, 0.25) is 0 Å². The van der Waals surface area contributed by atoms with Gasteiger partial charge in [-0.25, -0.2) is 15.0 Å². The molecule has 0 radical (unpaired) electrons. The van der Waals surface area contributed by atoms with Gasteiger partial charge in [-0.05, 0) is 18.4 Å². The number of aromatic nitrogens is 3. The van der Waals surface area contributed by atoms with Crippen LogP contribution in [0.15, 0.2) is 35.9 Å². The lowest BCUT2D eigenvalue weighted by Crippen LogP contribution is -2.26. The fourth-order valence-electron chi connectivity index (χ4n) is 2.13. The summed E-state index contributed by atoms with van der Waals surface area (Å²) in [4.78, 5) is 26.7. The normalized spacial score (nSPS) is 13.4. The van der Waals surface area contributed by atoms with Gasteiger partial charge in [0.05, 0.1) is 17.8 Å². The Kier molecular flexibility index (Phi) is 3.16. The number of hydrogen-bond donors (Lipinski definition) is 0. The second-order valence-corrected chi connectivity index (χ2v) is 5.01. The summed E-state index contributed by atoms with van der Waals surface area (Å²) in [6.45, 7) is 1.11. The molecule has 1 aliphatic heterocycles. The molecule has 0 aromatic carbocycles. The third-order valence-electron chi connectivity index (χ3n) is 3.07. The predicted molar refractivity (Wildman–Crippen MR) is 71.6 cm³/mol. The molecule has 6 heteroatoms. The summed E-state index contributed by atoms with van der Waals surface area (Å²) in [5.41, 5.74) is 2.60. The van der Waals surface area contributed by atoms with E-state index in [9.17, 15) is 4.79 Å². The van der Waals surface area contributed by atoms with Crippen LogP contribution in [0.1, 0.15) is 21.6 Å². The number of nitrogens with zero attached hydrogens (tertiary/aromatic N) is 4. The minimum atomic E-state index is -0.00421. The van der Waals surface area contributed by atoms with Crippen LogP contribution in [0.4, 0.5) is 0 Å². The summed E-state index contributed by atoms with van der Waals surface area (Å²) in [7, 11) is 0. The van der Waals surface area contributed by atoms with Crippen LogP contribution in [-0.2, 0) is 13.1 Å². The second-order valence-electron chi connectivity index (χ2n) is 4.22. The number of carbonyl (C=O) groups excluding carboxylic acids is 1. The summed E-state index contributed by atoms with van der Waals surface area (Å²) >= 11 is 1.48. The van der Waals surface area contributed by atoms with Crippen LogP contribution >= 0.6 is 11.8 Å². The first-order valence-corrected chi connectivity index (χ1v) is 7.08. The maximum absolute atomic E-state index is 12.5. The third kappa shape index (κ3) is 2.19. The molecule has 0 atom stereocenters. The van der Waals surface area contributed by atoms with E-state index in [0.717, 1.165) is 16.3 Å². The number of fused-ring (bicyclic) bond motifs is 1. The Morgan fingerprint density at radius 3 is 3.05 bits per heavy atom. The highest BCUT2D eigenvalue weighted by Crippen LogP contribution is 2.24. The molecule has 0 N–H and O–H groups in total. The summed E-state index contributed by atoms with van der Waals surface area (Å²) in [6, 6.07) is 3.60. The fourth-order valence-corrected chi connectivity index (χ4v) is 2.67. The Labute approximate surface area is 115 Å². The van der Waals surface area contributed by atoms with E-state index in [1.165, 1.54) is 18.1 Å². The molecule has 0 fully saturated rings. The average Bonchev–Trinajstić information content (AvgIpc) is 2.90. The maximum atomic E-state index is 12.5. The number of thioether (sulfide) groups is 1. The van der Waals surface area contributed by atoms with Crippen molar-refractivity contribution in [1.82, 2.24) is 19.9 Å². The monoisotopic (exact) mass is 272 g/mol. The van der Waals surface area contributed by atoms with E-state index in [-0.39, 0.29) is 5.91 Å². The highest BCUT2D eigenvalue weighted by atomic mass is 32.2. The highest BCUT2D eigenvalue weighted by Gasteiger charge is 2.26. The molecule has 0 unspecified atom stereocenters. The molecule has 2 aromatic heterocycles. The summed E-state index contributed by atoms with van der Waals surface area (Å²) < 4.78 is 0. The highest BCUT2D eigenvalue weighted by molar-refractivity contribution is 7.98. The van der Waals surface area contributed by atoms with Gasteiger partial charge in [0.25, 0.3) is 5.91 Å². The standard InChI is InChI=1S/C13H12N4OS/c1-19-12-10(3-2-4-15-12)13(18)17-6-9-5-14-8-16-11(9)7-17/h2-5,8H,6-7H2,1H3. The van der Waals surface area contributed by atoms with Crippen LogP contribution in [0.3, 0.4) is 0 Å². The molecule has 96 valence electrons. The Morgan fingerprint density at radius 1 is 1.37 bits per heavy atom. The second kappa shape index (κ2) is 4.97. The van der Waals surface area contributed by atoms with E-state index in [2.05, 4.69) is 15.0 Å². The van der Waals surface area contributed by atoms with Crippen molar-refractivity contribution >= 4 is 17.7 Å². The lowest BCUT2D eigenvalue weighted by atomic mass is 10.2. The number of rotatable bonds is 2. The molecule has 1 amide bonds. The van der Waals surface area contributed by atoms with E-state index in [0.29, 0.717) is 18.7 Å². The molecule has 2 aromatic rings. The molecule has 5 nitrogen and oxygen atoms in total. The molecule has 19 heavy (non-hydrogen) atoms. The zero-order valence-electron chi connectivity index (χ0n) is 10.4. The summed E-state index contributed by atoms with van der Waals surface area (Å²) in [5.74, 6) is -0.00421. The van der Waals surface area contributed by atoms with Gasteiger partial charge < -0.3 is 4.90 Å². The summed E-state index contributed by atoms with van der Waals surface area (Å²) in [5, 5.41) is 0.759. The lowest BCUT2D eigenvalue weighted by molar-refractivity contribution is 0.0746. The molecular formula is C13H12N4OS. The Balaban J connectivity index is 1.87. The Bertz CT molecular complexity index is 607. The van der Waals surface area contributed by atoms with Crippen molar-refractivity contribution in [3.05, 3.63) is 47.7 Å². The van der Waals surface area contributed by atoms with Crippen molar-refractivity contribution in [3.8, 4) is 0 Å². The minimum Gasteiger partial charge on any atom is -0.328 e. The fraction of sp³-hybridized carbons (Fsp3) is 0.231. The molecule has 3 heterocycles. The van der Waals surface area contributed by atoms with Gasteiger partial charge in [-0.2, -0.15) is 0 Å². The van der Waals surface area contributed by atoms with E-state index in [1.54, 1.807) is 23.4 Å². The molecule has 0 bridgehead atoms. The van der Waals surface area contributed by atoms with Gasteiger partial charge in [0.15, 0.2) is 0 Å². The van der Waals surface area contributed by atoms with Crippen molar-refractivity contribution in [2.75, 3.05) is 6.26 Å². The first-order chi connectivity index (χ1) is 9.29. The molecular weight excluding hydrogens is 260 g/mol. The van der Waals surface area contributed by atoms with Gasteiger partial charge in [-0.3, -0.25) is 4.79 Å². The zero-order chi connectivity index (χ0) is 13.2.